The minimum Gasteiger partial charge on any atom is -0.465 e. The van der Waals surface area contributed by atoms with Crippen molar-refractivity contribution < 1.29 is 22.7 Å². The van der Waals surface area contributed by atoms with Gasteiger partial charge in [-0.25, -0.2) is 13.2 Å². The van der Waals surface area contributed by atoms with Gasteiger partial charge in [0.1, 0.15) is 4.90 Å². The lowest BCUT2D eigenvalue weighted by atomic mass is 10.2. The first-order valence-corrected chi connectivity index (χ1v) is 9.89. The number of sulfonamides is 1. The summed E-state index contributed by atoms with van der Waals surface area (Å²) in [5.41, 5.74) is 0.811. The number of carbonyl (C=O) groups excluding carboxylic acids is 1. The Morgan fingerprint density at radius 2 is 1.81 bits per heavy atom. The fraction of sp³-hybridized carbons (Fsp3) is 0.278. The Balaban J connectivity index is 2.45. The summed E-state index contributed by atoms with van der Waals surface area (Å²) in [5.74, 6) is -0.630. The number of benzene rings is 2. The molecule has 2 aromatic carbocycles. The number of methoxy groups -OCH3 is 2. The molecule has 0 aromatic heterocycles. The van der Waals surface area contributed by atoms with Gasteiger partial charge in [-0.1, -0.05) is 11.6 Å². The number of rotatable bonds is 8. The first-order valence-electron chi connectivity index (χ1n) is 8.03. The Morgan fingerprint density at radius 1 is 1.15 bits per heavy atom. The number of anilines is 2. The summed E-state index contributed by atoms with van der Waals surface area (Å²) < 4.78 is 38.1. The first kappa shape index (κ1) is 21.0. The van der Waals surface area contributed by atoms with E-state index in [1.165, 1.54) is 25.3 Å². The number of carbonyl (C=O) groups is 1. The summed E-state index contributed by atoms with van der Waals surface area (Å²) in [4.78, 5) is 11.8. The lowest BCUT2D eigenvalue weighted by molar-refractivity contribution is 0.0600. The van der Waals surface area contributed by atoms with E-state index in [1.54, 1.807) is 31.4 Å². The third-order valence-corrected chi connectivity index (χ3v) is 5.28. The van der Waals surface area contributed by atoms with E-state index in [0.717, 1.165) is 0 Å². The van der Waals surface area contributed by atoms with Gasteiger partial charge in [0.15, 0.2) is 0 Å². The number of nitrogens with one attached hydrogen (secondary N) is 2. The highest BCUT2D eigenvalue weighted by molar-refractivity contribution is 7.92. The summed E-state index contributed by atoms with van der Waals surface area (Å²) in [6.45, 7) is 2.23. The van der Waals surface area contributed by atoms with Crippen LogP contribution in [-0.4, -0.2) is 41.3 Å². The average Bonchev–Trinajstić information content (AvgIpc) is 2.63. The molecular formula is C18H21ClN2O5S. The van der Waals surface area contributed by atoms with E-state index in [4.69, 9.17) is 16.3 Å². The van der Waals surface area contributed by atoms with Crippen molar-refractivity contribution in [2.24, 2.45) is 0 Å². The normalized spacial score (nSPS) is 12.3. The van der Waals surface area contributed by atoms with Gasteiger partial charge in [0.25, 0.3) is 10.0 Å². The standard InChI is InChI=1S/C18H21ClN2O5S/c1-12(11-25-2)20-16-9-4-13(18(22)26-3)10-17(16)27(23,24)21-15-7-5-14(19)6-8-15/h4-10,12,20-21H,11H2,1-3H3/t12-/m1/s1. The average molecular weight is 413 g/mol. The zero-order chi connectivity index (χ0) is 20.0. The molecule has 9 heteroatoms. The smallest absolute Gasteiger partial charge is 0.337 e. The van der Waals surface area contributed by atoms with Crippen LogP contribution in [0.5, 0.6) is 0 Å². The van der Waals surface area contributed by atoms with E-state index >= 15 is 0 Å². The molecule has 0 fully saturated rings. The monoisotopic (exact) mass is 412 g/mol. The molecule has 0 bridgehead atoms. The Kier molecular flexibility index (Phi) is 7.06. The van der Waals surface area contributed by atoms with Gasteiger partial charge < -0.3 is 14.8 Å². The second-order valence-corrected chi connectivity index (χ2v) is 7.90. The van der Waals surface area contributed by atoms with Crippen molar-refractivity contribution in [2.75, 3.05) is 30.9 Å². The van der Waals surface area contributed by atoms with Crippen molar-refractivity contribution in [3.05, 3.63) is 53.1 Å². The van der Waals surface area contributed by atoms with Crippen molar-refractivity contribution in [1.82, 2.24) is 0 Å². The van der Waals surface area contributed by atoms with Crippen molar-refractivity contribution in [1.29, 1.82) is 0 Å². The summed E-state index contributed by atoms with van der Waals surface area (Å²) >= 11 is 5.83. The van der Waals surface area contributed by atoms with E-state index in [2.05, 4.69) is 14.8 Å². The summed E-state index contributed by atoms with van der Waals surface area (Å²) in [6.07, 6.45) is 0. The van der Waals surface area contributed by atoms with Crippen LogP contribution in [0, 0.1) is 0 Å². The number of esters is 1. The topological polar surface area (TPSA) is 93.7 Å². The predicted octanol–water partition coefficient (Wildman–Crippen LogP) is 3.37. The summed E-state index contributed by atoms with van der Waals surface area (Å²) in [6, 6.07) is 10.4. The molecular weight excluding hydrogens is 392 g/mol. The van der Waals surface area contributed by atoms with Crippen LogP contribution in [0.25, 0.3) is 0 Å². The zero-order valence-electron chi connectivity index (χ0n) is 15.2. The first-order chi connectivity index (χ1) is 12.8. The van der Waals surface area contributed by atoms with Crippen LogP contribution < -0.4 is 10.0 Å². The fourth-order valence-electron chi connectivity index (χ4n) is 2.39. The molecule has 146 valence electrons. The van der Waals surface area contributed by atoms with Crippen LogP contribution in [0.3, 0.4) is 0 Å². The van der Waals surface area contributed by atoms with Crippen molar-refractivity contribution in [3.63, 3.8) is 0 Å². The Labute approximate surface area is 163 Å². The Bertz CT molecular complexity index is 900. The van der Waals surface area contributed by atoms with E-state index in [1.807, 2.05) is 6.92 Å². The quantitative estimate of drug-likeness (QED) is 0.645. The van der Waals surface area contributed by atoms with Crippen LogP contribution in [0.15, 0.2) is 47.4 Å². The maximum atomic E-state index is 12.9. The second-order valence-electron chi connectivity index (χ2n) is 5.82. The number of hydrogen-bond donors (Lipinski definition) is 2. The number of halogens is 1. The van der Waals surface area contributed by atoms with Gasteiger partial charge in [0, 0.05) is 23.9 Å². The Hall–Kier alpha value is -2.29. The lowest BCUT2D eigenvalue weighted by Crippen LogP contribution is -2.23. The molecule has 0 saturated carbocycles. The van der Waals surface area contributed by atoms with Crippen molar-refractivity contribution in [2.45, 2.75) is 17.9 Å². The largest absolute Gasteiger partial charge is 0.465 e. The number of ether oxygens (including phenoxy) is 2. The molecule has 0 aliphatic heterocycles. The lowest BCUT2D eigenvalue weighted by Gasteiger charge is -2.19. The molecule has 2 aromatic rings. The van der Waals surface area contributed by atoms with Crippen molar-refractivity contribution in [3.8, 4) is 0 Å². The van der Waals surface area contributed by atoms with Gasteiger partial charge in [0.2, 0.25) is 0 Å². The molecule has 0 aliphatic rings. The molecule has 0 saturated heterocycles. The second kappa shape index (κ2) is 9.07. The van der Waals surface area contributed by atoms with Gasteiger partial charge in [-0.3, -0.25) is 4.72 Å². The molecule has 27 heavy (non-hydrogen) atoms. The highest BCUT2D eigenvalue weighted by Crippen LogP contribution is 2.27. The molecule has 0 aliphatic carbocycles. The van der Waals surface area contributed by atoms with E-state index < -0.39 is 16.0 Å². The van der Waals surface area contributed by atoms with Crippen LogP contribution in [0.2, 0.25) is 5.02 Å². The summed E-state index contributed by atoms with van der Waals surface area (Å²) in [7, 11) is -1.20. The summed E-state index contributed by atoms with van der Waals surface area (Å²) in [5, 5.41) is 3.57. The minimum atomic E-state index is -3.99. The maximum absolute atomic E-state index is 12.9. The van der Waals surface area contributed by atoms with Gasteiger partial charge in [-0.15, -0.1) is 0 Å². The fourth-order valence-corrected chi connectivity index (χ4v) is 3.77. The third kappa shape index (κ3) is 5.59. The molecule has 2 rings (SSSR count). The molecule has 0 spiro atoms. The van der Waals surface area contributed by atoms with E-state index in [9.17, 15) is 13.2 Å². The van der Waals surface area contributed by atoms with Gasteiger partial charge in [0.05, 0.1) is 25.0 Å². The molecule has 7 nitrogen and oxygen atoms in total. The number of hydrogen-bond acceptors (Lipinski definition) is 6. The zero-order valence-corrected chi connectivity index (χ0v) is 16.7. The van der Waals surface area contributed by atoms with Crippen LogP contribution in [0.1, 0.15) is 17.3 Å². The minimum absolute atomic E-state index is 0.0803. The molecule has 0 heterocycles. The van der Waals surface area contributed by atoms with E-state index in [-0.39, 0.29) is 16.5 Å². The molecule has 0 amide bonds. The molecule has 0 radical (unpaired) electrons. The van der Waals surface area contributed by atoms with Crippen LogP contribution >= 0.6 is 11.6 Å². The van der Waals surface area contributed by atoms with E-state index in [0.29, 0.717) is 23.0 Å². The third-order valence-electron chi connectivity index (χ3n) is 3.61. The molecule has 1 atom stereocenters. The Morgan fingerprint density at radius 3 is 2.41 bits per heavy atom. The predicted molar refractivity (Wildman–Crippen MR) is 105 cm³/mol. The van der Waals surface area contributed by atoms with Gasteiger partial charge in [-0.05, 0) is 49.4 Å². The highest BCUT2D eigenvalue weighted by atomic mass is 35.5. The SMILES string of the molecule is COC[C@@H](C)Nc1ccc(C(=O)OC)cc1S(=O)(=O)Nc1ccc(Cl)cc1. The maximum Gasteiger partial charge on any atom is 0.337 e. The van der Waals surface area contributed by atoms with Crippen LogP contribution in [0.4, 0.5) is 11.4 Å². The molecule has 2 N–H and O–H groups in total. The molecule has 0 unspecified atom stereocenters. The van der Waals surface area contributed by atoms with Crippen LogP contribution in [-0.2, 0) is 19.5 Å². The van der Waals surface area contributed by atoms with Gasteiger partial charge in [-0.2, -0.15) is 0 Å². The van der Waals surface area contributed by atoms with Crippen molar-refractivity contribution >= 4 is 39.0 Å². The highest BCUT2D eigenvalue weighted by Gasteiger charge is 2.22. The van der Waals surface area contributed by atoms with Gasteiger partial charge >= 0.3 is 5.97 Å².